The minimum atomic E-state index is -1.30. The normalized spacial score (nSPS) is 9.90. The van der Waals surface area contributed by atoms with Crippen molar-refractivity contribution in [1.82, 2.24) is 4.98 Å². The van der Waals surface area contributed by atoms with E-state index in [1.165, 1.54) is 6.20 Å². The van der Waals surface area contributed by atoms with E-state index in [1.54, 1.807) is 0 Å². The van der Waals surface area contributed by atoms with E-state index in [2.05, 4.69) is 22.1 Å². The van der Waals surface area contributed by atoms with Crippen molar-refractivity contribution < 1.29 is 23.1 Å². The molecule has 2 aromatic rings. The van der Waals surface area contributed by atoms with Gasteiger partial charge in [-0.2, -0.15) is 0 Å². The van der Waals surface area contributed by atoms with Crippen LogP contribution in [0.3, 0.4) is 0 Å². The number of aliphatic hydroxyl groups excluding tert-OH is 1. The Morgan fingerprint density at radius 2 is 2.00 bits per heavy atom. The highest BCUT2D eigenvalue weighted by atomic mass is 32.1. The van der Waals surface area contributed by atoms with Gasteiger partial charge in [-0.25, -0.2) is 18.2 Å². The third-order valence-corrected chi connectivity index (χ3v) is 3.08. The molecule has 0 spiro atoms. The van der Waals surface area contributed by atoms with Crippen LogP contribution < -0.4 is 5.32 Å². The summed E-state index contributed by atoms with van der Waals surface area (Å²) in [5.41, 5.74) is -0.894. The number of aromatic nitrogens is 1. The summed E-state index contributed by atoms with van der Waals surface area (Å²) in [7, 11) is 0. The number of rotatable bonds is 2. The zero-order chi connectivity index (χ0) is 15.4. The number of nitrogens with zero attached hydrogens (tertiary/aromatic N) is 1. The van der Waals surface area contributed by atoms with Crippen molar-refractivity contribution in [3.8, 4) is 11.8 Å². The van der Waals surface area contributed by atoms with E-state index < -0.39 is 28.9 Å². The van der Waals surface area contributed by atoms with Gasteiger partial charge in [0.05, 0.1) is 11.1 Å². The van der Waals surface area contributed by atoms with Crippen LogP contribution in [0.4, 0.5) is 18.3 Å². The lowest BCUT2D eigenvalue weighted by atomic mass is 10.2. The summed E-state index contributed by atoms with van der Waals surface area (Å²) < 4.78 is 39.6. The number of hydrogen-bond acceptors (Lipinski definition) is 4. The van der Waals surface area contributed by atoms with Crippen LogP contribution in [-0.2, 0) is 0 Å². The predicted octanol–water partition coefficient (Wildman–Crippen LogP) is 2.16. The van der Waals surface area contributed by atoms with Gasteiger partial charge in [-0.15, -0.1) is 0 Å². The summed E-state index contributed by atoms with van der Waals surface area (Å²) >= 11 is 0.964. The maximum atomic E-state index is 13.4. The molecular weight excluding hydrogens is 305 g/mol. The Morgan fingerprint density at radius 1 is 1.33 bits per heavy atom. The number of hydrogen-bond donors (Lipinski definition) is 2. The monoisotopic (exact) mass is 312 g/mol. The average Bonchev–Trinajstić information content (AvgIpc) is 2.82. The Balaban J connectivity index is 2.20. The minimum Gasteiger partial charge on any atom is -0.384 e. The molecule has 8 heteroatoms. The Hall–Kier alpha value is -2.37. The molecule has 1 aromatic carbocycles. The highest BCUT2D eigenvalue weighted by Gasteiger charge is 2.20. The molecule has 0 unspecified atom stereocenters. The number of benzene rings is 1. The lowest BCUT2D eigenvalue weighted by molar-refractivity contribution is 0.101. The number of amides is 1. The molecule has 0 fully saturated rings. The molecule has 0 saturated carbocycles. The number of aliphatic hydroxyl groups is 1. The average molecular weight is 312 g/mol. The summed E-state index contributed by atoms with van der Waals surface area (Å²) in [5.74, 6) is 0.150. The fourth-order valence-corrected chi connectivity index (χ4v) is 2.12. The van der Waals surface area contributed by atoms with Gasteiger partial charge in [-0.1, -0.05) is 23.2 Å². The van der Waals surface area contributed by atoms with Crippen LogP contribution in [0.2, 0.25) is 0 Å². The van der Waals surface area contributed by atoms with Crippen molar-refractivity contribution in [2.45, 2.75) is 0 Å². The van der Waals surface area contributed by atoms with Gasteiger partial charge in [0.25, 0.3) is 5.91 Å². The molecule has 0 atom stereocenters. The summed E-state index contributed by atoms with van der Waals surface area (Å²) in [6, 6.07) is 0.829. The zero-order valence-corrected chi connectivity index (χ0v) is 11.1. The first-order valence-corrected chi connectivity index (χ1v) is 6.34. The van der Waals surface area contributed by atoms with E-state index in [1.807, 2.05) is 0 Å². The first-order chi connectivity index (χ1) is 10.0. The summed E-state index contributed by atoms with van der Waals surface area (Å²) in [6.45, 7) is -0.328. The maximum Gasteiger partial charge on any atom is 0.263 e. The Kier molecular flexibility index (Phi) is 4.57. The second-order valence-corrected chi connectivity index (χ2v) is 4.72. The van der Waals surface area contributed by atoms with Crippen LogP contribution in [-0.4, -0.2) is 22.6 Å². The molecule has 0 bridgehead atoms. The molecule has 0 aliphatic heterocycles. The number of nitrogens with one attached hydrogen (secondary N) is 1. The van der Waals surface area contributed by atoms with Gasteiger partial charge in [0.15, 0.2) is 5.13 Å². The molecule has 2 rings (SSSR count). The number of carbonyl (C=O) groups excluding carboxylic acids is 1. The van der Waals surface area contributed by atoms with E-state index in [4.69, 9.17) is 5.11 Å². The molecule has 1 heterocycles. The number of carbonyl (C=O) groups is 1. The quantitative estimate of drug-likeness (QED) is 0.835. The third-order valence-electron chi connectivity index (χ3n) is 2.25. The molecule has 0 saturated heterocycles. The molecule has 108 valence electrons. The van der Waals surface area contributed by atoms with Crippen LogP contribution in [0.15, 0.2) is 18.3 Å². The number of halogens is 3. The van der Waals surface area contributed by atoms with Crippen molar-refractivity contribution >= 4 is 22.4 Å². The Morgan fingerprint density at radius 3 is 2.62 bits per heavy atom. The van der Waals surface area contributed by atoms with Crippen molar-refractivity contribution in [2.24, 2.45) is 0 Å². The lowest BCUT2D eigenvalue weighted by Gasteiger charge is -2.04. The highest BCUT2D eigenvalue weighted by molar-refractivity contribution is 7.16. The minimum absolute atomic E-state index is 0.0744. The topological polar surface area (TPSA) is 62.2 Å². The summed E-state index contributed by atoms with van der Waals surface area (Å²) in [5, 5.41) is 10.8. The molecule has 4 nitrogen and oxygen atoms in total. The number of thiazole rings is 1. The second kappa shape index (κ2) is 6.39. The standard InChI is InChI=1S/C13H7F3N2O2S/c14-7-4-9(15)11(10(16)5-7)12(20)18-13-17-6-8(21-13)2-1-3-19/h4-6,19H,3H2,(H,17,18,20). The zero-order valence-electron chi connectivity index (χ0n) is 10.3. The summed E-state index contributed by atoms with van der Waals surface area (Å²) in [4.78, 5) is 16.0. The van der Waals surface area contributed by atoms with Crippen LogP contribution >= 0.6 is 11.3 Å². The molecule has 1 aromatic heterocycles. The van der Waals surface area contributed by atoms with Crippen molar-refractivity contribution in [3.05, 3.63) is 46.2 Å². The van der Waals surface area contributed by atoms with Gasteiger partial charge in [0.1, 0.15) is 29.6 Å². The van der Waals surface area contributed by atoms with Crippen LogP contribution in [0.1, 0.15) is 15.2 Å². The third kappa shape index (κ3) is 3.59. The van der Waals surface area contributed by atoms with E-state index in [0.29, 0.717) is 17.0 Å². The Bertz CT molecular complexity index is 726. The second-order valence-electron chi connectivity index (χ2n) is 3.69. The van der Waals surface area contributed by atoms with Gasteiger partial charge in [-0.3, -0.25) is 10.1 Å². The summed E-state index contributed by atoms with van der Waals surface area (Å²) in [6.07, 6.45) is 1.33. The van der Waals surface area contributed by atoms with Crippen molar-refractivity contribution in [3.63, 3.8) is 0 Å². The van der Waals surface area contributed by atoms with E-state index >= 15 is 0 Å². The lowest BCUT2D eigenvalue weighted by Crippen LogP contribution is -2.16. The van der Waals surface area contributed by atoms with Gasteiger partial charge in [0.2, 0.25) is 0 Å². The van der Waals surface area contributed by atoms with E-state index in [-0.39, 0.29) is 11.7 Å². The highest BCUT2D eigenvalue weighted by Crippen LogP contribution is 2.20. The van der Waals surface area contributed by atoms with Gasteiger partial charge in [0, 0.05) is 12.1 Å². The molecule has 0 aliphatic carbocycles. The van der Waals surface area contributed by atoms with E-state index in [9.17, 15) is 18.0 Å². The first kappa shape index (κ1) is 15.0. The predicted molar refractivity (Wildman–Crippen MR) is 70.3 cm³/mol. The fourth-order valence-electron chi connectivity index (χ4n) is 1.44. The number of anilines is 1. The molecule has 1 amide bonds. The van der Waals surface area contributed by atoms with Gasteiger partial charge >= 0.3 is 0 Å². The first-order valence-electron chi connectivity index (χ1n) is 5.52. The van der Waals surface area contributed by atoms with Crippen molar-refractivity contribution in [2.75, 3.05) is 11.9 Å². The SMILES string of the molecule is O=C(Nc1ncc(C#CCO)s1)c1c(F)cc(F)cc1F. The maximum absolute atomic E-state index is 13.4. The van der Waals surface area contributed by atoms with Gasteiger partial charge < -0.3 is 5.11 Å². The van der Waals surface area contributed by atoms with Crippen LogP contribution in [0.5, 0.6) is 0 Å². The fraction of sp³-hybridized carbons (Fsp3) is 0.0769. The molecule has 21 heavy (non-hydrogen) atoms. The van der Waals surface area contributed by atoms with Gasteiger partial charge in [-0.05, 0) is 0 Å². The molecular formula is C13H7F3N2O2S. The Labute approximate surface area is 121 Å². The van der Waals surface area contributed by atoms with Crippen molar-refractivity contribution in [1.29, 1.82) is 0 Å². The molecule has 0 radical (unpaired) electrons. The molecule has 0 aliphatic rings. The van der Waals surface area contributed by atoms with Crippen LogP contribution in [0.25, 0.3) is 0 Å². The smallest absolute Gasteiger partial charge is 0.263 e. The van der Waals surface area contributed by atoms with Crippen LogP contribution in [0, 0.1) is 29.3 Å². The largest absolute Gasteiger partial charge is 0.384 e. The molecule has 2 N–H and O–H groups in total. The van der Waals surface area contributed by atoms with E-state index in [0.717, 1.165) is 11.3 Å².